The van der Waals surface area contributed by atoms with E-state index in [9.17, 15) is 0 Å². The lowest BCUT2D eigenvalue weighted by atomic mass is 10.0. The molecule has 0 aliphatic carbocycles. The lowest BCUT2D eigenvalue weighted by Gasteiger charge is -2.12. The second kappa shape index (κ2) is 7.88. The van der Waals surface area contributed by atoms with Crippen molar-refractivity contribution in [2.75, 3.05) is 20.2 Å². The Balaban J connectivity index is 2.73. The number of hydrogen-bond acceptors (Lipinski definition) is 3. The predicted molar refractivity (Wildman–Crippen MR) is 76.8 cm³/mol. The molecule has 0 saturated heterocycles. The highest BCUT2D eigenvalue weighted by Gasteiger charge is 2.03. The van der Waals surface area contributed by atoms with Gasteiger partial charge in [-0.25, -0.2) is 4.98 Å². The third-order valence-electron chi connectivity index (χ3n) is 2.82. The maximum atomic E-state index is 5.06. The van der Waals surface area contributed by atoms with Gasteiger partial charge in [-0.3, -0.25) is 0 Å². The van der Waals surface area contributed by atoms with E-state index in [1.54, 1.807) is 7.11 Å². The van der Waals surface area contributed by atoms with E-state index in [4.69, 9.17) is 4.74 Å². The molecule has 0 amide bonds. The minimum Gasteiger partial charge on any atom is -0.481 e. The van der Waals surface area contributed by atoms with Crippen LogP contribution in [-0.4, -0.2) is 25.2 Å². The summed E-state index contributed by atoms with van der Waals surface area (Å²) in [5.41, 5.74) is 2.52. The number of rotatable bonds is 7. The van der Waals surface area contributed by atoms with Crippen LogP contribution < -0.4 is 10.1 Å². The van der Waals surface area contributed by atoms with Gasteiger partial charge < -0.3 is 10.1 Å². The van der Waals surface area contributed by atoms with E-state index in [2.05, 4.69) is 37.1 Å². The molecule has 0 saturated carbocycles. The molecule has 1 N–H and O–H groups in total. The van der Waals surface area contributed by atoms with Gasteiger partial charge in [0.05, 0.1) is 7.11 Å². The van der Waals surface area contributed by atoms with Crippen LogP contribution in [0.15, 0.2) is 23.9 Å². The van der Waals surface area contributed by atoms with Crippen LogP contribution in [0.4, 0.5) is 0 Å². The van der Waals surface area contributed by atoms with Crippen molar-refractivity contribution in [3.8, 4) is 5.88 Å². The molecule has 1 aromatic heterocycles. The van der Waals surface area contributed by atoms with Crippen LogP contribution in [0.1, 0.15) is 32.8 Å². The van der Waals surface area contributed by atoms with Crippen LogP contribution in [0.2, 0.25) is 0 Å². The minimum atomic E-state index is 0.538. The summed E-state index contributed by atoms with van der Waals surface area (Å²) in [5.74, 6) is 1.19. The summed E-state index contributed by atoms with van der Waals surface area (Å²) in [6.45, 7) is 8.62. The molecule has 0 aromatic carbocycles. The van der Waals surface area contributed by atoms with Gasteiger partial charge in [-0.05, 0) is 30.5 Å². The molecule has 0 fully saturated rings. The second-order valence-corrected chi connectivity index (χ2v) is 4.68. The Hall–Kier alpha value is -1.35. The summed E-state index contributed by atoms with van der Waals surface area (Å²) in [5, 5.41) is 3.45. The van der Waals surface area contributed by atoms with Crippen molar-refractivity contribution < 1.29 is 4.74 Å². The van der Waals surface area contributed by atoms with Crippen molar-refractivity contribution >= 4 is 6.08 Å². The van der Waals surface area contributed by atoms with E-state index in [1.165, 1.54) is 5.57 Å². The van der Waals surface area contributed by atoms with Crippen LogP contribution in [0.5, 0.6) is 5.88 Å². The maximum Gasteiger partial charge on any atom is 0.212 e. The smallest absolute Gasteiger partial charge is 0.212 e. The van der Waals surface area contributed by atoms with Crippen molar-refractivity contribution in [3.05, 3.63) is 29.5 Å². The quantitative estimate of drug-likeness (QED) is 0.753. The molecule has 3 heteroatoms. The van der Waals surface area contributed by atoms with E-state index in [1.807, 2.05) is 18.3 Å². The summed E-state index contributed by atoms with van der Waals surface area (Å²) < 4.78 is 5.06. The number of nitrogens with one attached hydrogen (secondary N) is 1. The average Bonchev–Trinajstić information content (AvgIpc) is 2.38. The highest BCUT2D eigenvalue weighted by Crippen LogP contribution is 2.15. The van der Waals surface area contributed by atoms with Gasteiger partial charge in [0.1, 0.15) is 0 Å². The summed E-state index contributed by atoms with van der Waals surface area (Å²) in [6.07, 6.45) is 5.22. The van der Waals surface area contributed by atoms with Crippen LogP contribution in [0, 0.1) is 5.92 Å². The molecule has 0 atom stereocenters. The zero-order chi connectivity index (χ0) is 13.4. The fourth-order valence-electron chi connectivity index (χ4n) is 1.64. The number of nitrogens with zero attached hydrogens (tertiary/aromatic N) is 1. The van der Waals surface area contributed by atoms with Gasteiger partial charge in [0, 0.05) is 18.8 Å². The van der Waals surface area contributed by atoms with E-state index in [0.29, 0.717) is 11.8 Å². The monoisotopic (exact) mass is 248 g/mol. The van der Waals surface area contributed by atoms with Crippen molar-refractivity contribution in [2.45, 2.75) is 27.2 Å². The Morgan fingerprint density at radius 2 is 2.22 bits per heavy atom. The summed E-state index contributed by atoms with van der Waals surface area (Å²) in [6, 6.07) is 3.93. The molecule has 0 aliphatic heterocycles. The van der Waals surface area contributed by atoms with Crippen LogP contribution in [0.25, 0.3) is 6.08 Å². The van der Waals surface area contributed by atoms with Crippen molar-refractivity contribution in [1.82, 2.24) is 10.3 Å². The van der Waals surface area contributed by atoms with Gasteiger partial charge in [0.2, 0.25) is 5.88 Å². The highest BCUT2D eigenvalue weighted by atomic mass is 16.5. The third-order valence-corrected chi connectivity index (χ3v) is 2.82. The van der Waals surface area contributed by atoms with Crippen molar-refractivity contribution in [1.29, 1.82) is 0 Å². The number of pyridine rings is 1. The van der Waals surface area contributed by atoms with Gasteiger partial charge in [0.15, 0.2) is 0 Å². The Morgan fingerprint density at radius 3 is 2.72 bits per heavy atom. The van der Waals surface area contributed by atoms with Crippen LogP contribution in [-0.2, 0) is 0 Å². The molecule has 100 valence electrons. The van der Waals surface area contributed by atoms with Crippen LogP contribution in [0.3, 0.4) is 0 Å². The molecule has 3 nitrogen and oxygen atoms in total. The first-order chi connectivity index (χ1) is 8.67. The molecule has 0 radical (unpaired) electrons. The molecule has 18 heavy (non-hydrogen) atoms. The molecule has 0 spiro atoms. The highest BCUT2D eigenvalue weighted by molar-refractivity contribution is 5.53. The molecule has 0 bridgehead atoms. The molecule has 1 rings (SSSR count). The van der Waals surface area contributed by atoms with Gasteiger partial charge in [-0.15, -0.1) is 0 Å². The molecule has 0 unspecified atom stereocenters. The average molecular weight is 248 g/mol. The van der Waals surface area contributed by atoms with Crippen molar-refractivity contribution in [2.24, 2.45) is 5.92 Å². The topological polar surface area (TPSA) is 34.1 Å². The Labute approximate surface area is 110 Å². The van der Waals surface area contributed by atoms with Crippen LogP contribution >= 0.6 is 0 Å². The standard InChI is InChI=1S/C15H24N2O/c1-5-8-16-11-14(12(2)3)9-13-6-7-15(18-4)17-10-13/h6-7,9-10,12,16H,5,8,11H2,1-4H3/b14-9-. The number of methoxy groups -OCH3 is 1. The Kier molecular flexibility index (Phi) is 6.44. The predicted octanol–water partition coefficient (Wildman–Crippen LogP) is 3.13. The first kappa shape index (κ1) is 14.7. The SMILES string of the molecule is CCCNC/C(=C/c1ccc(OC)nc1)C(C)C. The summed E-state index contributed by atoms with van der Waals surface area (Å²) in [4.78, 5) is 4.22. The lowest BCUT2D eigenvalue weighted by molar-refractivity contribution is 0.398. The molecule has 1 heterocycles. The molecule has 1 aromatic rings. The fourth-order valence-corrected chi connectivity index (χ4v) is 1.64. The van der Waals surface area contributed by atoms with Gasteiger partial charge in [-0.1, -0.05) is 32.4 Å². The second-order valence-electron chi connectivity index (χ2n) is 4.68. The number of ether oxygens (including phenoxy) is 1. The fraction of sp³-hybridized carbons (Fsp3) is 0.533. The van der Waals surface area contributed by atoms with E-state index in [-0.39, 0.29) is 0 Å². The normalized spacial score (nSPS) is 11.9. The zero-order valence-electron chi connectivity index (χ0n) is 11.9. The van der Waals surface area contributed by atoms with E-state index in [0.717, 1.165) is 25.1 Å². The Bertz CT molecular complexity index is 369. The third kappa shape index (κ3) is 4.88. The molecular weight excluding hydrogens is 224 g/mol. The molecule has 0 aliphatic rings. The lowest BCUT2D eigenvalue weighted by Crippen LogP contribution is -2.19. The number of aromatic nitrogens is 1. The van der Waals surface area contributed by atoms with E-state index < -0.39 is 0 Å². The van der Waals surface area contributed by atoms with Gasteiger partial charge in [-0.2, -0.15) is 0 Å². The van der Waals surface area contributed by atoms with Gasteiger partial charge in [0.25, 0.3) is 0 Å². The first-order valence-electron chi connectivity index (χ1n) is 6.58. The summed E-state index contributed by atoms with van der Waals surface area (Å²) >= 11 is 0. The largest absolute Gasteiger partial charge is 0.481 e. The number of hydrogen-bond donors (Lipinski definition) is 1. The first-order valence-corrected chi connectivity index (χ1v) is 6.58. The van der Waals surface area contributed by atoms with Crippen molar-refractivity contribution in [3.63, 3.8) is 0 Å². The molecular formula is C15H24N2O. The summed E-state index contributed by atoms with van der Waals surface area (Å²) in [7, 11) is 1.63. The minimum absolute atomic E-state index is 0.538. The van der Waals surface area contributed by atoms with E-state index >= 15 is 0 Å². The zero-order valence-corrected chi connectivity index (χ0v) is 11.9. The Morgan fingerprint density at radius 1 is 1.44 bits per heavy atom. The maximum absolute atomic E-state index is 5.06. The van der Waals surface area contributed by atoms with Gasteiger partial charge >= 0.3 is 0 Å².